The Kier molecular flexibility index (Phi) is 2.96. The Bertz CT molecular complexity index is 530. The average molecular weight is 203 g/mol. The summed E-state index contributed by atoms with van der Waals surface area (Å²) in [6.45, 7) is 0. The van der Waals surface area contributed by atoms with Crippen LogP contribution in [-0.2, 0) is 6.42 Å². The summed E-state index contributed by atoms with van der Waals surface area (Å²) in [5.74, 6) is -1.99. The van der Waals surface area contributed by atoms with Crippen LogP contribution in [0.15, 0.2) is 6.07 Å². The monoisotopic (exact) mass is 203 g/mol. The summed E-state index contributed by atoms with van der Waals surface area (Å²) < 4.78 is 26.5. The predicted octanol–water partition coefficient (Wildman–Crippen LogP) is 1.77. The van der Waals surface area contributed by atoms with Crippen molar-refractivity contribution in [2.45, 2.75) is 6.42 Å². The topological polar surface area (TPSA) is 71.4 Å². The first-order valence-corrected chi connectivity index (χ1v) is 3.83. The van der Waals surface area contributed by atoms with E-state index in [9.17, 15) is 8.78 Å². The zero-order valence-electron chi connectivity index (χ0n) is 7.38. The maximum absolute atomic E-state index is 13.4. The second-order valence-electron chi connectivity index (χ2n) is 2.64. The number of nitriles is 3. The molecule has 0 bridgehead atoms. The third-order valence-electron chi connectivity index (χ3n) is 1.78. The van der Waals surface area contributed by atoms with Crippen LogP contribution in [-0.4, -0.2) is 0 Å². The third-order valence-corrected chi connectivity index (χ3v) is 1.78. The summed E-state index contributed by atoms with van der Waals surface area (Å²) in [5.41, 5.74) is -1.50. The van der Waals surface area contributed by atoms with E-state index in [0.29, 0.717) is 0 Å². The largest absolute Gasteiger partial charge is 0.205 e. The highest BCUT2D eigenvalue weighted by molar-refractivity contribution is 5.49. The van der Waals surface area contributed by atoms with E-state index in [-0.39, 0.29) is 12.0 Å². The van der Waals surface area contributed by atoms with Crippen LogP contribution < -0.4 is 0 Å². The van der Waals surface area contributed by atoms with Crippen molar-refractivity contribution in [1.29, 1.82) is 15.8 Å². The Morgan fingerprint density at radius 3 is 2.13 bits per heavy atom. The molecule has 0 unspecified atom stereocenters. The van der Waals surface area contributed by atoms with Gasteiger partial charge in [0, 0.05) is 5.56 Å². The van der Waals surface area contributed by atoms with Crippen LogP contribution in [0.5, 0.6) is 0 Å². The number of hydrogen-bond donors (Lipinski definition) is 0. The van der Waals surface area contributed by atoms with Gasteiger partial charge < -0.3 is 0 Å². The standard InChI is InChI=1S/C10H3F2N3/c11-9-3-6(1-2-13)10(12)8(5-15)7(9)4-14/h3H,1H2. The third kappa shape index (κ3) is 1.75. The fourth-order valence-corrected chi connectivity index (χ4v) is 1.11. The van der Waals surface area contributed by atoms with Gasteiger partial charge in [0.05, 0.1) is 12.5 Å². The Balaban J connectivity index is 3.57. The highest BCUT2D eigenvalue weighted by Gasteiger charge is 2.17. The minimum Gasteiger partial charge on any atom is -0.205 e. The molecule has 0 saturated carbocycles. The minimum atomic E-state index is -1.00. The fourth-order valence-electron chi connectivity index (χ4n) is 1.11. The van der Waals surface area contributed by atoms with Gasteiger partial charge >= 0.3 is 0 Å². The normalized spacial score (nSPS) is 8.73. The Morgan fingerprint density at radius 1 is 1.07 bits per heavy atom. The van der Waals surface area contributed by atoms with Gasteiger partial charge in [0.15, 0.2) is 0 Å². The van der Waals surface area contributed by atoms with E-state index in [1.165, 1.54) is 12.1 Å². The van der Waals surface area contributed by atoms with Crippen LogP contribution in [0.2, 0.25) is 0 Å². The second kappa shape index (κ2) is 4.17. The number of benzene rings is 1. The molecule has 15 heavy (non-hydrogen) atoms. The molecule has 1 aromatic rings. The molecule has 0 aliphatic rings. The molecule has 0 fully saturated rings. The minimum absolute atomic E-state index is 0.217. The summed E-state index contributed by atoms with van der Waals surface area (Å²) in [7, 11) is 0. The first kappa shape index (κ1) is 10.6. The van der Waals surface area contributed by atoms with E-state index < -0.39 is 22.8 Å². The lowest BCUT2D eigenvalue weighted by Gasteiger charge is -2.03. The van der Waals surface area contributed by atoms with Gasteiger partial charge in [-0.05, 0) is 6.07 Å². The van der Waals surface area contributed by atoms with Crippen molar-refractivity contribution < 1.29 is 8.78 Å². The Labute approximate surface area is 84.4 Å². The first-order valence-electron chi connectivity index (χ1n) is 3.83. The summed E-state index contributed by atoms with van der Waals surface area (Å²) >= 11 is 0. The molecule has 72 valence electrons. The Hall–Kier alpha value is -2.45. The van der Waals surface area contributed by atoms with Crippen molar-refractivity contribution in [3.8, 4) is 18.2 Å². The summed E-state index contributed by atoms with van der Waals surface area (Å²) in [6, 6.07) is 5.22. The molecule has 0 saturated heterocycles. The van der Waals surface area contributed by atoms with Crippen molar-refractivity contribution in [2.24, 2.45) is 0 Å². The van der Waals surface area contributed by atoms with Gasteiger partial charge in [-0.25, -0.2) is 8.78 Å². The molecule has 0 radical (unpaired) electrons. The molecule has 5 heteroatoms. The molecule has 1 aromatic carbocycles. The summed E-state index contributed by atoms with van der Waals surface area (Å²) in [6.07, 6.45) is -0.344. The SMILES string of the molecule is N#CCc1cc(F)c(C#N)c(C#N)c1F. The molecule has 0 N–H and O–H groups in total. The van der Waals surface area contributed by atoms with E-state index in [0.717, 1.165) is 6.07 Å². The summed E-state index contributed by atoms with van der Waals surface area (Å²) in [5, 5.41) is 25.4. The van der Waals surface area contributed by atoms with Gasteiger partial charge in [-0.2, -0.15) is 15.8 Å². The van der Waals surface area contributed by atoms with E-state index in [1.807, 2.05) is 0 Å². The van der Waals surface area contributed by atoms with Crippen LogP contribution in [0.25, 0.3) is 0 Å². The lowest BCUT2D eigenvalue weighted by atomic mass is 10.0. The highest BCUT2D eigenvalue weighted by Crippen LogP contribution is 2.20. The van der Waals surface area contributed by atoms with Gasteiger partial charge in [-0.3, -0.25) is 0 Å². The molecule has 0 aliphatic heterocycles. The van der Waals surface area contributed by atoms with E-state index >= 15 is 0 Å². The van der Waals surface area contributed by atoms with Crippen molar-refractivity contribution in [3.63, 3.8) is 0 Å². The molecule has 0 aromatic heterocycles. The number of hydrogen-bond acceptors (Lipinski definition) is 3. The molecular weight excluding hydrogens is 200 g/mol. The van der Waals surface area contributed by atoms with Crippen molar-refractivity contribution in [1.82, 2.24) is 0 Å². The molecule has 0 spiro atoms. The Morgan fingerprint density at radius 2 is 1.67 bits per heavy atom. The van der Waals surface area contributed by atoms with Crippen molar-refractivity contribution in [3.05, 3.63) is 34.4 Å². The molecule has 1 rings (SSSR count). The first-order chi connectivity index (χ1) is 7.15. The lowest BCUT2D eigenvalue weighted by molar-refractivity contribution is 0.583. The van der Waals surface area contributed by atoms with Gasteiger partial charge in [0.25, 0.3) is 0 Å². The van der Waals surface area contributed by atoms with E-state index in [4.69, 9.17) is 15.8 Å². The summed E-state index contributed by atoms with van der Waals surface area (Å²) in [4.78, 5) is 0. The zero-order valence-corrected chi connectivity index (χ0v) is 7.38. The lowest BCUT2D eigenvalue weighted by Crippen LogP contribution is -2.00. The number of halogens is 2. The number of rotatable bonds is 1. The second-order valence-corrected chi connectivity index (χ2v) is 2.64. The molecule has 3 nitrogen and oxygen atoms in total. The van der Waals surface area contributed by atoms with Crippen LogP contribution in [0, 0.1) is 45.6 Å². The van der Waals surface area contributed by atoms with E-state index in [2.05, 4.69) is 0 Å². The van der Waals surface area contributed by atoms with Crippen molar-refractivity contribution >= 4 is 0 Å². The molecule has 0 amide bonds. The molecule has 0 atom stereocenters. The molecule has 0 heterocycles. The van der Waals surface area contributed by atoms with Gasteiger partial charge in [-0.15, -0.1) is 0 Å². The molecular formula is C10H3F2N3. The maximum atomic E-state index is 13.4. The fraction of sp³-hybridized carbons (Fsp3) is 0.100. The predicted molar refractivity (Wildman–Crippen MR) is 45.1 cm³/mol. The van der Waals surface area contributed by atoms with Crippen LogP contribution >= 0.6 is 0 Å². The number of nitrogens with zero attached hydrogens (tertiary/aromatic N) is 3. The van der Waals surface area contributed by atoms with Crippen LogP contribution in [0.4, 0.5) is 8.78 Å². The molecule has 0 aliphatic carbocycles. The highest BCUT2D eigenvalue weighted by atomic mass is 19.1. The van der Waals surface area contributed by atoms with Gasteiger partial charge in [0.2, 0.25) is 0 Å². The van der Waals surface area contributed by atoms with Crippen LogP contribution in [0.3, 0.4) is 0 Å². The van der Waals surface area contributed by atoms with Gasteiger partial charge in [0.1, 0.15) is 34.9 Å². The average Bonchev–Trinajstić information content (AvgIpc) is 2.22. The van der Waals surface area contributed by atoms with Crippen LogP contribution in [0.1, 0.15) is 16.7 Å². The van der Waals surface area contributed by atoms with E-state index in [1.54, 1.807) is 6.07 Å². The van der Waals surface area contributed by atoms with Crippen molar-refractivity contribution in [2.75, 3.05) is 0 Å². The smallest absolute Gasteiger partial charge is 0.146 e. The zero-order chi connectivity index (χ0) is 11.4. The quantitative estimate of drug-likeness (QED) is 0.698. The maximum Gasteiger partial charge on any atom is 0.146 e. The van der Waals surface area contributed by atoms with Gasteiger partial charge in [-0.1, -0.05) is 0 Å².